The van der Waals surface area contributed by atoms with Crippen LogP contribution in [0.15, 0.2) is 30.3 Å². The summed E-state index contributed by atoms with van der Waals surface area (Å²) < 4.78 is 5.43. The summed E-state index contributed by atoms with van der Waals surface area (Å²) in [6.45, 7) is 0.803. The summed E-state index contributed by atoms with van der Waals surface area (Å²) in [5.74, 6) is 0.959. The summed E-state index contributed by atoms with van der Waals surface area (Å²) in [4.78, 5) is 0. The van der Waals surface area contributed by atoms with Crippen molar-refractivity contribution in [1.82, 2.24) is 0 Å². The molecule has 2 heteroatoms. The molecule has 59 valence electrons. The Morgan fingerprint density at radius 1 is 1.18 bits per heavy atom. The van der Waals surface area contributed by atoms with E-state index in [1.54, 1.807) is 0 Å². The quantitative estimate of drug-likeness (QED) is 0.550. The molecule has 1 radical (unpaired) electrons. The average Bonchev–Trinajstić information content (AvgIpc) is 2.07. The number of ether oxygens (including phenoxy) is 1. The van der Waals surface area contributed by atoms with E-state index < -0.39 is 0 Å². The molecule has 0 saturated heterocycles. The summed E-state index contributed by atoms with van der Waals surface area (Å²) in [5.41, 5.74) is 0. The molecule has 0 saturated carbocycles. The molecule has 0 aromatic heterocycles. The van der Waals surface area contributed by atoms with Crippen LogP contribution in [0.5, 0.6) is 5.75 Å². The molecule has 0 atom stereocenters. The van der Waals surface area contributed by atoms with Gasteiger partial charge in [0.15, 0.2) is 0 Å². The molecule has 1 nitrogen and oxygen atoms in total. The summed E-state index contributed by atoms with van der Waals surface area (Å²) in [6.07, 6.45) is 1.08. The van der Waals surface area contributed by atoms with Crippen LogP contribution in [0.4, 0.5) is 0 Å². The summed E-state index contributed by atoms with van der Waals surface area (Å²) >= 11 is 2.95. The van der Waals surface area contributed by atoms with Crippen LogP contribution in [-0.4, -0.2) is 22.6 Å². The van der Waals surface area contributed by atoms with Gasteiger partial charge in [0.1, 0.15) is 0 Å². The van der Waals surface area contributed by atoms with Crippen molar-refractivity contribution in [2.45, 2.75) is 11.7 Å². The normalized spacial score (nSPS) is 9.55. The minimum absolute atomic E-state index is 0.803. The Bertz CT molecular complexity index is 186. The molecule has 1 aromatic carbocycles. The Hall–Kier alpha value is -0.461. The van der Waals surface area contributed by atoms with E-state index in [-0.39, 0.29) is 0 Å². The first-order valence-electron chi connectivity index (χ1n) is 3.69. The number of hydrogen-bond donors (Lipinski definition) is 0. The molecule has 11 heavy (non-hydrogen) atoms. The molecule has 0 bridgehead atoms. The van der Waals surface area contributed by atoms with Crippen molar-refractivity contribution in [3.63, 3.8) is 0 Å². The van der Waals surface area contributed by atoms with Gasteiger partial charge in [-0.3, -0.25) is 0 Å². The predicted molar refractivity (Wildman–Crippen MR) is 47.1 cm³/mol. The van der Waals surface area contributed by atoms with E-state index in [1.807, 2.05) is 30.3 Å². The minimum atomic E-state index is 0.803. The van der Waals surface area contributed by atoms with Crippen molar-refractivity contribution in [1.29, 1.82) is 0 Å². The van der Waals surface area contributed by atoms with Crippen molar-refractivity contribution in [2.24, 2.45) is 0 Å². The Kier molecular flexibility index (Phi) is 4.10. The van der Waals surface area contributed by atoms with Crippen LogP contribution >= 0.6 is 0 Å². The summed E-state index contributed by atoms with van der Waals surface area (Å²) in [5, 5.41) is 1.06. The van der Waals surface area contributed by atoms with Crippen molar-refractivity contribution < 1.29 is 4.74 Å². The molecule has 0 aliphatic rings. The average molecular weight is 214 g/mol. The molecule has 0 aliphatic carbocycles. The summed E-state index contributed by atoms with van der Waals surface area (Å²) in [6, 6.07) is 9.89. The third-order valence-corrected chi connectivity index (χ3v) is 1.91. The van der Waals surface area contributed by atoms with Gasteiger partial charge < -0.3 is 0 Å². The maximum atomic E-state index is 5.43. The molecular weight excluding hydrogens is 203 g/mol. The van der Waals surface area contributed by atoms with Gasteiger partial charge in [-0.25, -0.2) is 0 Å². The molecule has 0 heterocycles. The fourth-order valence-corrected chi connectivity index (χ4v) is 1.01. The second-order valence-corrected chi connectivity index (χ2v) is 3.08. The fraction of sp³-hybridized carbons (Fsp3) is 0.333. The van der Waals surface area contributed by atoms with Crippen LogP contribution in [0, 0.1) is 0 Å². The van der Waals surface area contributed by atoms with Crippen molar-refractivity contribution in [2.75, 3.05) is 6.61 Å². The number of rotatable bonds is 4. The van der Waals surface area contributed by atoms with Gasteiger partial charge in [-0.2, -0.15) is 0 Å². The van der Waals surface area contributed by atoms with Crippen molar-refractivity contribution in [3.8, 4) is 5.75 Å². The Morgan fingerprint density at radius 3 is 2.55 bits per heavy atom. The zero-order chi connectivity index (χ0) is 7.94. The van der Waals surface area contributed by atoms with E-state index in [1.165, 1.54) is 0 Å². The van der Waals surface area contributed by atoms with Crippen molar-refractivity contribution >= 4 is 16.0 Å². The summed E-state index contributed by atoms with van der Waals surface area (Å²) in [7, 11) is 0. The molecular formula is C9H11OSe. The van der Waals surface area contributed by atoms with Crippen molar-refractivity contribution in [3.05, 3.63) is 30.3 Å². The zero-order valence-electron chi connectivity index (χ0n) is 6.32. The first-order valence-corrected chi connectivity index (χ1v) is 4.90. The molecule has 0 amide bonds. The van der Waals surface area contributed by atoms with Gasteiger partial charge in [0.25, 0.3) is 0 Å². The first-order chi connectivity index (χ1) is 5.43. The van der Waals surface area contributed by atoms with E-state index >= 15 is 0 Å². The third kappa shape index (κ3) is 3.45. The van der Waals surface area contributed by atoms with Crippen LogP contribution in [0.3, 0.4) is 0 Å². The molecule has 0 N–H and O–H groups in total. The van der Waals surface area contributed by atoms with Gasteiger partial charge in [0, 0.05) is 0 Å². The molecule has 0 spiro atoms. The maximum absolute atomic E-state index is 5.43. The number of para-hydroxylation sites is 1. The molecule has 0 aliphatic heterocycles. The standard InChI is InChI=1S/C9H11OSe/c11-8-4-7-10-9-5-2-1-3-6-9/h1-3,5-6H,4,7-8H2. The van der Waals surface area contributed by atoms with E-state index in [4.69, 9.17) is 4.74 Å². The van der Waals surface area contributed by atoms with Gasteiger partial charge in [-0.1, -0.05) is 0 Å². The van der Waals surface area contributed by atoms with Crippen LogP contribution in [0.25, 0.3) is 0 Å². The van der Waals surface area contributed by atoms with Gasteiger partial charge in [-0.05, 0) is 0 Å². The second-order valence-electron chi connectivity index (χ2n) is 2.22. The monoisotopic (exact) mass is 215 g/mol. The zero-order valence-corrected chi connectivity index (χ0v) is 8.04. The Labute approximate surface area is 75.6 Å². The molecule has 1 aromatic rings. The van der Waals surface area contributed by atoms with Crippen LogP contribution in [-0.2, 0) is 0 Å². The van der Waals surface area contributed by atoms with E-state index in [2.05, 4.69) is 16.0 Å². The first kappa shape index (κ1) is 8.63. The topological polar surface area (TPSA) is 9.23 Å². The number of benzene rings is 1. The van der Waals surface area contributed by atoms with Crippen LogP contribution in [0.2, 0.25) is 5.32 Å². The Balaban J connectivity index is 2.28. The molecule has 0 unspecified atom stereocenters. The van der Waals surface area contributed by atoms with E-state index in [0.29, 0.717) is 0 Å². The predicted octanol–water partition coefficient (Wildman–Crippen LogP) is 2.04. The van der Waals surface area contributed by atoms with E-state index in [0.717, 1.165) is 24.1 Å². The van der Waals surface area contributed by atoms with E-state index in [9.17, 15) is 0 Å². The van der Waals surface area contributed by atoms with Crippen LogP contribution < -0.4 is 4.74 Å². The Morgan fingerprint density at radius 2 is 1.91 bits per heavy atom. The molecule has 0 fully saturated rings. The second kappa shape index (κ2) is 5.22. The van der Waals surface area contributed by atoms with Gasteiger partial charge in [0.2, 0.25) is 0 Å². The SMILES string of the molecule is [Se]CCCOc1ccccc1. The third-order valence-electron chi connectivity index (χ3n) is 1.30. The number of hydrogen-bond acceptors (Lipinski definition) is 1. The fourth-order valence-electron chi connectivity index (χ4n) is 0.766. The van der Waals surface area contributed by atoms with Gasteiger partial charge in [-0.15, -0.1) is 0 Å². The molecule has 1 rings (SSSR count). The van der Waals surface area contributed by atoms with Gasteiger partial charge >= 0.3 is 75.2 Å². The van der Waals surface area contributed by atoms with Gasteiger partial charge in [0.05, 0.1) is 0 Å². The van der Waals surface area contributed by atoms with Crippen LogP contribution in [0.1, 0.15) is 6.42 Å².